The van der Waals surface area contributed by atoms with Crippen molar-refractivity contribution >= 4 is 22.0 Å². The van der Waals surface area contributed by atoms with Crippen LogP contribution in [0.4, 0.5) is 0 Å². The molecule has 1 fully saturated rings. The van der Waals surface area contributed by atoms with E-state index in [1.807, 2.05) is 42.2 Å². The van der Waals surface area contributed by atoms with Crippen LogP contribution in [-0.2, 0) is 14.8 Å². The van der Waals surface area contributed by atoms with Crippen molar-refractivity contribution in [2.45, 2.75) is 13.0 Å². The number of hydrogen-bond donors (Lipinski definition) is 0. The van der Waals surface area contributed by atoms with Crippen molar-refractivity contribution in [2.75, 3.05) is 40.3 Å². The number of amides is 1. The smallest absolute Gasteiger partial charge is 0.239 e. The quantitative estimate of drug-likeness (QED) is 0.796. The second-order valence-electron chi connectivity index (χ2n) is 6.10. The highest BCUT2D eigenvalue weighted by atomic mass is 32.2. The number of hydrogen-bond acceptors (Lipinski definition) is 4. The zero-order valence-electron chi connectivity index (χ0n) is 14.4. The van der Waals surface area contributed by atoms with Gasteiger partial charge in [0.1, 0.15) is 0 Å². The minimum atomic E-state index is -3.44. The third-order valence-corrected chi connectivity index (χ3v) is 5.78. The largest absolute Gasteiger partial charge is 0.347 e. The number of nitrogens with zero attached hydrogens (tertiary/aromatic N) is 3. The predicted molar refractivity (Wildman–Crippen MR) is 95.7 cm³/mol. The van der Waals surface area contributed by atoms with Crippen LogP contribution in [0.1, 0.15) is 12.5 Å². The first-order valence-electron chi connectivity index (χ1n) is 8.00. The maximum atomic E-state index is 12.4. The van der Waals surface area contributed by atoms with Crippen LogP contribution in [-0.4, -0.2) is 74.7 Å². The summed E-state index contributed by atoms with van der Waals surface area (Å²) in [7, 11) is 0.0237. The van der Waals surface area contributed by atoms with Crippen LogP contribution in [0.15, 0.2) is 35.7 Å². The first-order valence-corrected chi connectivity index (χ1v) is 9.50. The lowest BCUT2D eigenvalue weighted by Crippen LogP contribution is -2.54. The SMILES string of the molecule is C[C@H](C(=O)N(C)C)N1CCN(S(=O)(=O)/C=C/c2ccccc2)CC1. The van der Waals surface area contributed by atoms with E-state index in [1.54, 1.807) is 25.1 Å². The Bertz CT molecular complexity index is 678. The molecular weight excluding hydrogens is 326 g/mol. The molecule has 2 rings (SSSR count). The van der Waals surface area contributed by atoms with Gasteiger partial charge in [-0.15, -0.1) is 0 Å². The Labute approximate surface area is 144 Å². The molecule has 7 heteroatoms. The molecule has 6 nitrogen and oxygen atoms in total. The molecule has 1 amide bonds. The molecule has 1 aromatic carbocycles. The van der Waals surface area contributed by atoms with Gasteiger partial charge in [0.05, 0.1) is 6.04 Å². The van der Waals surface area contributed by atoms with E-state index in [9.17, 15) is 13.2 Å². The lowest BCUT2D eigenvalue weighted by atomic mass is 10.2. The molecule has 0 aromatic heterocycles. The van der Waals surface area contributed by atoms with Gasteiger partial charge in [0, 0.05) is 45.7 Å². The van der Waals surface area contributed by atoms with E-state index < -0.39 is 10.0 Å². The van der Waals surface area contributed by atoms with Crippen molar-refractivity contribution in [1.29, 1.82) is 0 Å². The number of carbonyl (C=O) groups is 1. The summed E-state index contributed by atoms with van der Waals surface area (Å²) >= 11 is 0. The van der Waals surface area contributed by atoms with Crippen LogP contribution in [0, 0.1) is 0 Å². The van der Waals surface area contributed by atoms with Gasteiger partial charge in [-0.3, -0.25) is 9.69 Å². The Balaban J connectivity index is 1.96. The monoisotopic (exact) mass is 351 g/mol. The molecule has 0 unspecified atom stereocenters. The van der Waals surface area contributed by atoms with E-state index in [0.29, 0.717) is 26.2 Å². The van der Waals surface area contributed by atoms with E-state index in [2.05, 4.69) is 0 Å². The van der Waals surface area contributed by atoms with Gasteiger partial charge in [-0.2, -0.15) is 4.31 Å². The van der Waals surface area contributed by atoms with Gasteiger partial charge < -0.3 is 4.90 Å². The maximum absolute atomic E-state index is 12.4. The molecule has 0 aliphatic carbocycles. The lowest BCUT2D eigenvalue weighted by molar-refractivity contribution is -0.134. The topological polar surface area (TPSA) is 60.9 Å². The Kier molecular flexibility index (Phi) is 6.15. The van der Waals surface area contributed by atoms with Crippen LogP contribution in [0.2, 0.25) is 0 Å². The predicted octanol–water partition coefficient (Wildman–Crippen LogP) is 1.08. The summed E-state index contributed by atoms with van der Waals surface area (Å²) in [6.07, 6.45) is 1.61. The van der Waals surface area contributed by atoms with E-state index in [-0.39, 0.29) is 11.9 Å². The zero-order chi connectivity index (χ0) is 17.7. The van der Waals surface area contributed by atoms with Gasteiger partial charge in [-0.1, -0.05) is 30.3 Å². The summed E-state index contributed by atoms with van der Waals surface area (Å²) in [6, 6.07) is 9.12. The second-order valence-corrected chi connectivity index (χ2v) is 7.92. The van der Waals surface area contributed by atoms with Crippen molar-refractivity contribution < 1.29 is 13.2 Å². The highest BCUT2D eigenvalue weighted by Crippen LogP contribution is 2.13. The number of benzene rings is 1. The van der Waals surface area contributed by atoms with Crippen LogP contribution in [0.3, 0.4) is 0 Å². The highest BCUT2D eigenvalue weighted by molar-refractivity contribution is 7.92. The first-order chi connectivity index (χ1) is 11.3. The Morgan fingerprint density at radius 1 is 1.12 bits per heavy atom. The number of piperazine rings is 1. The van der Waals surface area contributed by atoms with Gasteiger partial charge in [-0.05, 0) is 18.6 Å². The third kappa shape index (κ3) is 4.66. The van der Waals surface area contributed by atoms with E-state index >= 15 is 0 Å². The van der Waals surface area contributed by atoms with Crippen LogP contribution < -0.4 is 0 Å². The fourth-order valence-corrected chi connectivity index (χ4v) is 3.86. The Hall–Kier alpha value is -1.70. The average Bonchev–Trinajstić information content (AvgIpc) is 2.59. The number of likely N-dealkylation sites (N-methyl/N-ethyl adjacent to an activating group) is 1. The molecule has 0 N–H and O–H groups in total. The first kappa shape index (κ1) is 18.6. The molecule has 1 aromatic rings. The van der Waals surface area contributed by atoms with E-state index in [0.717, 1.165) is 5.56 Å². The highest BCUT2D eigenvalue weighted by Gasteiger charge is 2.30. The van der Waals surface area contributed by atoms with Gasteiger partial charge in [0.15, 0.2) is 0 Å². The van der Waals surface area contributed by atoms with Crippen molar-refractivity contribution in [3.8, 4) is 0 Å². The molecule has 0 bridgehead atoms. The summed E-state index contributed by atoms with van der Waals surface area (Å²) in [4.78, 5) is 15.6. The fourth-order valence-electron chi connectivity index (χ4n) is 2.69. The fraction of sp³-hybridized carbons (Fsp3) is 0.471. The molecule has 0 saturated carbocycles. The minimum Gasteiger partial charge on any atom is -0.347 e. The standard InChI is InChI=1S/C17H25N3O3S/c1-15(17(21)18(2)3)19-10-12-20(13-11-19)24(22,23)14-9-16-7-5-4-6-8-16/h4-9,14-15H,10-13H2,1-3H3/b14-9+/t15-/m1/s1. The van der Waals surface area contributed by atoms with Gasteiger partial charge in [0.25, 0.3) is 0 Å². The van der Waals surface area contributed by atoms with Crippen molar-refractivity contribution in [1.82, 2.24) is 14.1 Å². The molecule has 1 aliphatic heterocycles. The van der Waals surface area contributed by atoms with Gasteiger partial charge in [-0.25, -0.2) is 8.42 Å². The molecular formula is C17H25N3O3S. The Morgan fingerprint density at radius 3 is 2.25 bits per heavy atom. The van der Waals surface area contributed by atoms with Crippen LogP contribution >= 0.6 is 0 Å². The molecule has 1 aliphatic rings. The second kappa shape index (κ2) is 7.92. The molecule has 0 spiro atoms. The summed E-state index contributed by atoms with van der Waals surface area (Å²) in [5.74, 6) is 0.0373. The normalized spacial score (nSPS) is 18.6. The molecule has 24 heavy (non-hydrogen) atoms. The van der Waals surface area contributed by atoms with Gasteiger partial charge in [0.2, 0.25) is 15.9 Å². The average molecular weight is 351 g/mol. The third-order valence-electron chi connectivity index (χ3n) is 4.21. The molecule has 1 saturated heterocycles. The van der Waals surface area contributed by atoms with Crippen molar-refractivity contribution in [3.63, 3.8) is 0 Å². The van der Waals surface area contributed by atoms with E-state index in [1.165, 1.54) is 9.71 Å². The van der Waals surface area contributed by atoms with Crippen LogP contribution in [0.5, 0.6) is 0 Å². The van der Waals surface area contributed by atoms with Crippen molar-refractivity contribution in [2.24, 2.45) is 0 Å². The minimum absolute atomic E-state index is 0.0373. The summed E-state index contributed by atoms with van der Waals surface area (Å²) in [6.45, 7) is 3.76. The summed E-state index contributed by atoms with van der Waals surface area (Å²) in [5, 5.41) is 1.26. The molecule has 132 valence electrons. The number of rotatable bonds is 5. The van der Waals surface area contributed by atoms with Crippen molar-refractivity contribution in [3.05, 3.63) is 41.3 Å². The number of carbonyl (C=O) groups excluding carboxylic acids is 1. The summed E-state index contributed by atoms with van der Waals surface area (Å²) in [5.41, 5.74) is 0.852. The summed E-state index contributed by atoms with van der Waals surface area (Å²) < 4.78 is 26.3. The van der Waals surface area contributed by atoms with Gasteiger partial charge >= 0.3 is 0 Å². The molecule has 1 atom stereocenters. The van der Waals surface area contributed by atoms with Crippen LogP contribution in [0.25, 0.3) is 6.08 Å². The Morgan fingerprint density at radius 2 is 1.71 bits per heavy atom. The lowest BCUT2D eigenvalue weighted by Gasteiger charge is -2.37. The maximum Gasteiger partial charge on any atom is 0.239 e. The molecule has 0 radical (unpaired) electrons. The number of sulfonamides is 1. The van der Waals surface area contributed by atoms with E-state index in [4.69, 9.17) is 0 Å². The molecule has 1 heterocycles. The zero-order valence-corrected chi connectivity index (χ0v) is 15.2.